The molecule has 0 saturated heterocycles. The van der Waals surface area contributed by atoms with E-state index in [1.54, 1.807) is 11.3 Å². The average Bonchev–Trinajstić information content (AvgIpc) is 3.27. The number of anilines is 1. The molecular formula is C19H27N5S. The second-order valence-corrected chi connectivity index (χ2v) is 7.55. The van der Waals surface area contributed by atoms with Crippen LogP contribution >= 0.6 is 11.3 Å². The highest BCUT2D eigenvalue weighted by molar-refractivity contribution is 7.13. The number of aromatic nitrogens is 1. The molecule has 1 saturated carbocycles. The standard InChI is InChI=1S/C19H27N5S/c1-4-20-17(21-12-16-13-25-18(23-16)24(2)3)22-14-19(10-11-19)15-8-6-5-7-9-15/h5-9,13H,4,10-12,14H2,1-3H3,(H2,20,21,22). The van der Waals surface area contributed by atoms with E-state index in [0.29, 0.717) is 6.54 Å². The highest BCUT2D eigenvalue weighted by atomic mass is 32.1. The smallest absolute Gasteiger partial charge is 0.191 e. The highest BCUT2D eigenvalue weighted by Crippen LogP contribution is 2.47. The lowest BCUT2D eigenvalue weighted by molar-refractivity contribution is 0.646. The Morgan fingerprint density at radius 1 is 1.24 bits per heavy atom. The summed E-state index contributed by atoms with van der Waals surface area (Å²) >= 11 is 1.65. The minimum absolute atomic E-state index is 0.274. The lowest BCUT2D eigenvalue weighted by atomic mass is 9.96. The van der Waals surface area contributed by atoms with Crippen molar-refractivity contribution in [2.45, 2.75) is 31.7 Å². The van der Waals surface area contributed by atoms with Crippen molar-refractivity contribution >= 4 is 22.4 Å². The summed E-state index contributed by atoms with van der Waals surface area (Å²) in [4.78, 5) is 11.3. The van der Waals surface area contributed by atoms with E-state index >= 15 is 0 Å². The van der Waals surface area contributed by atoms with Gasteiger partial charge in [0, 0.05) is 38.0 Å². The Morgan fingerprint density at radius 2 is 2.00 bits per heavy atom. The predicted molar refractivity (Wildman–Crippen MR) is 107 cm³/mol. The lowest BCUT2D eigenvalue weighted by Crippen LogP contribution is -2.41. The van der Waals surface area contributed by atoms with Gasteiger partial charge in [0.2, 0.25) is 0 Å². The Morgan fingerprint density at radius 3 is 2.60 bits per heavy atom. The summed E-state index contributed by atoms with van der Waals surface area (Å²) in [5.74, 6) is 0.865. The van der Waals surface area contributed by atoms with Crippen molar-refractivity contribution in [2.24, 2.45) is 4.99 Å². The summed E-state index contributed by atoms with van der Waals surface area (Å²) < 4.78 is 0. The fourth-order valence-corrected chi connectivity index (χ4v) is 3.59. The Bertz CT molecular complexity index is 704. The second-order valence-electron chi connectivity index (χ2n) is 6.71. The van der Waals surface area contributed by atoms with E-state index in [4.69, 9.17) is 4.99 Å². The van der Waals surface area contributed by atoms with Gasteiger partial charge in [-0.05, 0) is 25.3 Å². The van der Waals surface area contributed by atoms with Gasteiger partial charge in [0.05, 0.1) is 12.2 Å². The first-order valence-corrected chi connectivity index (χ1v) is 9.70. The molecule has 0 bridgehead atoms. The van der Waals surface area contributed by atoms with Crippen molar-refractivity contribution in [3.63, 3.8) is 0 Å². The molecule has 0 amide bonds. The third-order valence-electron chi connectivity index (χ3n) is 4.50. The molecule has 1 aliphatic rings. The zero-order valence-corrected chi connectivity index (χ0v) is 16.1. The molecule has 0 unspecified atom stereocenters. The fourth-order valence-electron chi connectivity index (χ4n) is 2.84. The van der Waals surface area contributed by atoms with Crippen molar-refractivity contribution in [1.82, 2.24) is 15.6 Å². The van der Waals surface area contributed by atoms with Crippen LogP contribution in [0.5, 0.6) is 0 Å². The Balaban J connectivity index is 1.61. The minimum atomic E-state index is 0.274. The molecule has 3 rings (SSSR count). The molecule has 5 nitrogen and oxygen atoms in total. The molecule has 134 valence electrons. The predicted octanol–water partition coefficient (Wildman–Crippen LogP) is 3.00. The van der Waals surface area contributed by atoms with Crippen molar-refractivity contribution in [1.29, 1.82) is 0 Å². The van der Waals surface area contributed by atoms with Crippen LogP contribution in [0.1, 0.15) is 31.0 Å². The summed E-state index contributed by atoms with van der Waals surface area (Å²) in [6, 6.07) is 10.8. The van der Waals surface area contributed by atoms with Crippen LogP contribution in [0.2, 0.25) is 0 Å². The molecule has 1 heterocycles. The van der Waals surface area contributed by atoms with Gasteiger partial charge in [-0.2, -0.15) is 0 Å². The Kier molecular flexibility index (Phi) is 5.58. The summed E-state index contributed by atoms with van der Waals surface area (Å²) in [7, 11) is 4.02. The molecule has 1 aromatic heterocycles. The van der Waals surface area contributed by atoms with Gasteiger partial charge in [0.15, 0.2) is 11.1 Å². The maximum atomic E-state index is 4.70. The minimum Gasteiger partial charge on any atom is -0.357 e. The largest absolute Gasteiger partial charge is 0.357 e. The van der Waals surface area contributed by atoms with Crippen molar-refractivity contribution < 1.29 is 0 Å². The number of benzene rings is 1. The second kappa shape index (κ2) is 7.87. The zero-order valence-electron chi connectivity index (χ0n) is 15.2. The number of nitrogens with zero attached hydrogens (tertiary/aromatic N) is 3. The van der Waals surface area contributed by atoms with Crippen molar-refractivity contribution in [3.05, 3.63) is 47.0 Å². The molecule has 0 atom stereocenters. The summed E-state index contributed by atoms with van der Waals surface area (Å²) in [6.07, 6.45) is 2.48. The van der Waals surface area contributed by atoms with Gasteiger partial charge in [-0.15, -0.1) is 11.3 Å². The Labute approximate surface area is 154 Å². The maximum Gasteiger partial charge on any atom is 0.191 e. The number of hydrogen-bond donors (Lipinski definition) is 2. The SMILES string of the molecule is CCNC(=NCc1csc(N(C)C)n1)NCC1(c2ccccc2)CC1. The number of nitrogens with one attached hydrogen (secondary N) is 2. The third kappa shape index (κ3) is 4.51. The van der Waals surface area contributed by atoms with Gasteiger partial charge in [-0.1, -0.05) is 30.3 Å². The van der Waals surface area contributed by atoms with Crippen LogP contribution < -0.4 is 15.5 Å². The summed E-state index contributed by atoms with van der Waals surface area (Å²) in [6.45, 7) is 4.46. The van der Waals surface area contributed by atoms with Crippen molar-refractivity contribution in [3.8, 4) is 0 Å². The van der Waals surface area contributed by atoms with Crippen LogP contribution in [-0.2, 0) is 12.0 Å². The monoisotopic (exact) mass is 357 g/mol. The molecule has 1 fully saturated rings. The molecule has 1 aliphatic carbocycles. The van der Waals surface area contributed by atoms with E-state index in [1.165, 1.54) is 18.4 Å². The molecule has 0 radical (unpaired) electrons. The Hall–Kier alpha value is -2.08. The average molecular weight is 358 g/mol. The summed E-state index contributed by atoms with van der Waals surface area (Å²) in [5.41, 5.74) is 2.71. The first-order chi connectivity index (χ1) is 12.1. The van der Waals surface area contributed by atoms with Crippen LogP contribution in [0, 0.1) is 0 Å². The molecule has 2 aromatic rings. The van der Waals surface area contributed by atoms with Crippen LogP contribution in [0.15, 0.2) is 40.7 Å². The number of hydrogen-bond acceptors (Lipinski definition) is 4. The van der Waals surface area contributed by atoms with E-state index in [1.807, 2.05) is 19.0 Å². The van der Waals surface area contributed by atoms with Gasteiger partial charge >= 0.3 is 0 Å². The van der Waals surface area contributed by atoms with E-state index in [-0.39, 0.29) is 5.41 Å². The van der Waals surface area contributed by atoms with Crippen LogP contribution in [0.3, 0.4) is 0 Å². The van der Waals surface area contributed by atoms with E-state index < -0.39 is 0 Å². The number of rotatable bonds is 7. The fraction of sp³-hybridized carbons (Fsp3) is 0.474. The molecular weight excluding hydrogens is 330 g/mol. The van der Waals surface area contributed by atoms with Crippen LogP contribution in [-0.4, -0.2) is 38.1 Å². The third-order valence-corrected chi connectivity index (χ3v) is 5.56. The summed E-state index contributed by atoms with van der Waals surface area (Å²) in [5, 5.41) is 9.96. The maximum absolute atomic E-state index is 4.70. The quantitative estimate of drug-likeness (QED) is 0.591. The number of guanidine groups is 1. The lowest BCUT2D eigenvalue weighted by Gasteiger charge is -2.19. The molecule has 2 N–H and O–H groups in total. The molecule has 0 aliphatic heterocycles. The van der Waals surface area contributed by atoms with Crippen LogP contribution in [0.4, 0.5) is 5.13 Å². The van der Waals surface area contributed by atoms with Gasteiger partial charge in [0.25, 0.3) is 0 Å². The topological polar surface area (TPSA) is 52.6 Å². The zero-order chi connectivity index (χ0) is 17.7. The van der Waals surface area contributed by atoms with E-state index in [2.05, 4.69) is 58.3 Å². The van der Waals surface area contributed by atoms with Gasteiger partial charge < -0.3 is 15.5 Å². The molecule has 6 heteroatoms. The van der Waals surface area contributed by atoms with Crippen LogP contribution in [0.25, 0.3) is 0 Å². The van der Waals surface area contributed by atoms with Crippen molar-refractivity contribution in [2.75, 3.05) is 32.1 Å². The van der Waals surface area contributed by atoms with Gasteiger partial charge in [0.1, 0.15) is 0 Å². The number of thiazole rings is 1. The van der Waals surface area contributed by atoms with Gasteiger partial charge in [-0.3, -0.25) is 0 Å². The normalized spacial score (nSPS) is 15.7. The molecule has 25 heavy (non-hydrogen) atoms. The first kappa shape index (κ1) is 17.7. The molecule has 0 spiro atoms. The number of aliphatic imine (C=N–C) groups is 1. The van der Waals surface area contributed by atoms with E-state index in [9.17, 15) is 0 Å². The first-order valence-electron chi connectivity index (χ1n) is 8.82. The van der Waals surface area contributed by atoms with Gasteiger partial charge in [-0.25, -0.2) is 9.98 Å². The van der Waals surface area contributed by atoms with E-state index in [0.717, 1.165) is 29.9 Å². The highest BCUT2D eigenvalue weighted by Gasteiger charge is 2.43. The molecule has 1 aromatic carbocycles.